The SMILES string of the molecule is COc1ccc(N)c(S(=O)C(C)C(N)=O)c1. The second-order valence-corrected chi connectivity index (χ2v) is 4.99. The van der Waals surface area contributed by atoms with E-state index in [9.17, 15) is 9.00 Å². The molecule has 4 N–H and O–H groups in total. The van der Waals surface area contributed by atoms with E-state index in [0.29, 0.717) is 16.3 Å². The maximum Gasteiger partial charge on any atom is 0.233 e. The summed E-state index contributed by atoms with van der Waals surface area (Å²) in [7, 11) is -0.0655. The van der Waals surface area contributed by atoms with Crippen LogP contribution in [-0.2, 0) is 15.6 Å². The van der Waals surface area contributed by atoms with Crippen LogP contribution in [0.15, 0.2) is 23.1 Å². The molecule has 88 valence electrons. The molecular formula is C10H14N2O3S. The van der Waals surface area contributed by atoms with Crippen LogP contribution in [0.5, 0.6) is 5.75 Å². The van der Waals surface area contributed by atoms with Crippen molar-refractivity contribution in [3.8, 4) is 5.75 Å². The Morgan fingerprint density at radius 2 is 2.12 bits per heavy atom. The van der Waals surface area contributed by atoms with Gasteiger partial charge in [0.2, 0.25) is 5.91 Å². The lowest BCUT2D eigenvalue weighted by Gasteiger charge is -2.11. The molecule has 2 atom stereocenters. The number of ether oxygens (including phenoxy) is 1. The minimum atomic E-state index is -1.56. The van der Waals surface area contributed by atoms with Gasteiger partial charge in [-0.25, -0.2) is 0 Å². The molecule has 2 unspecified atom stereocenters. The van der Waals surface area contributed by atoms with Gasteiger partial charge >= 0.3 is 0 Å². The summed E-state index contributed by atoms with van der Waals surface area (Å²) in [5.41, 5.74) is 11.1. The van der Waals surface area contributed by atoms with E-state index in [2.05, 4.69) is 0 Å². The van der Waals surface area contributed by atoms with Crippen LogP contribution in [0.25, 0.3) is 0 Å². The molecule has 0 saturated carbocycles. The van der Waals surface area contributed by atoms with Crippen LogP contribution in [0.4, 0.5) is 5.69 Å². The Balaban J connectivity index is 3.12. The number of hydrogen-bond acceptors (Lipinski definition) is 4. The summed E-state index contributed by atoms with van der Waals surface area (Å²) in [4.78, 5) is 11.3. The highest BCUT2D eigenvalue weighted by Crippen LogP contribution is 2.24. The highest BCUT2D eigenvalue weighted by molar-refractivity contribution is 7.86. The van der Waals surface area contributed by atoms with Crippen molar-refractivity contribution in [3.63, 3.8) is 0 Å². The minimum Gasteiger partial charge on any atom is -0.497 e. The molecule has 0 bridgehead atoms. The van der Waals surface area contributed by atoms with Crippen molar-refractivity contribution < 1.29 is 13.7 Å². The zero-order valence-electron chi connectivity index (χ0n) is 9.10. The Bertz CT molecular complexity index is 434. The second-order valence-electron chi connectivity index (χ2n) is 3.25. The van der Waals surface area contributed by atoms with Crippen molar-refractivity contribution in [3.05, 3.63) is 18.2 Å². The normalized spacial score (nSPS) is 14.1. The number of carbonyl (C=O) groups excluding carboxylic acids is 1. The predicted molar refractivity (Wildman–Crippen MR) is 62.5 cm³/mol. The highest BCUT2D eigenvalue weighted by Gasteiger charge is 2.21. The van der Waals surface area contributed by atoms with Crippen LogP contribution in [-0.4, -0.2) is 22.5 Å². The number of primary amides is 1. The van der Waals surface area contributed by atoms with Gasteiger partial charge in [-0.05, 0) is 25.1 Å². The Hall–Kier alpha value is -1.56. The molecule has 1 rings (SSSR count). The van der Waals surface area contributed by atoms with Crippen molar-refractivity contribution in [1.29, 1.82) is 0 Å². The third kappa shape index (κ3) is 2.52. The van der Waals surface area contributed by atoms with Gasteiger partial charge in [-0.15, -0.1) is 0 Å². The summed E-state index contributed by atoms with van der Waals surface area (Å²) < 4.78 is 16.9. The molecule has 0 spiro atoms. The third-order valence-corrected chi connectivity index (χ3v) is 3.82. The summed E-state index contributed by atoms with van der Waals surface area (Å²) >= 11 is 0. The Morgan fingerprint density at radius 3 is 2.62 bits per heavy atom. The molecule has 0 aliphatic rings. The summed E-state index contributed by atoms with van der Waals surface area (Å²) in [6, 6.07) is 4.79. The number of carbonyl (C=O) groups is 1. The molecule has 0 saturated heterocycles. The molecule has 1 aromatic rings. The van der Waals surface area contributed by atoms with Gasteiger partial charge in [0.05, 0.1) is 22.8 Å². The molecular weight excluding hydrogens is 228 g/mol. The number of methoxy groups -OCH3 is 1. The number of amides is 1. The molecule has 6 heteroatoms. The molecule has 0 fully saturated rings. The van der Waals surface area contributed by atoms with E-state index in [1.807, 2.05) is 0 Å². The van der Waals surface area contributed by atoms with E-state index in [0.717, 1.165) is 0 Å². The van der Waals surface area contributed by atoms with Crippen LogP contribution in [0, 0.1) is 0 Å². The summed E-state index contributed by atoms with van der Waals surface area (Å²) in [6.07, 6.45) is 0. The van der Waals surface area contributed by atoms with Crippen molar-refractivity contribution in [2.45, 2.75) is 17.1 Å². The van der Waals surface area contributed by atoms with Gasteiger partial charge in [-0.3, -0.25) is 9.00 Å². The van der Waals surface area contributed by atoms with E-state index in [1.54, 1.807) is 18.2 Å². The van der Waals surface area contributed by atoms with Gasteiger partial charge in [0.15, 0.2) is 0 Å². The lowest BCUT2D eigenvalue weighted by atomic mass is 10.3. The van der Waals surface area contributed by atoms with Crippen molar-refractivity contribution in [1.82, 2.24) is 0 Å². The van der Waals surface area contributed by atoms with Gasteiger partial charge < -0.3 is 16.2 Å². The molecule has 0 aromatic heterocycles. The molecule has 0 radical (unpaired) electrons. The number of nitrogen functional groups attached to an aromatic ring is 1. The Morgan fingerprint density at radius 1 is 1.50 bits per heavy atom. The molecule has 1 aromatic carbocycles. The minimum absolute atomic E-state index is 0.354. The van der Waals surface area contributed by atoms with Gasteiger partial charge in [0, 0.05) is 5.69 Å². The highest BCUT2D eigenvalue weighted by atomic mass is 32.2. The summed E-state index contributed by atoms with van der Waals surface area (Å²) in [6.45, 7) is 1.50. The summed E-state index contributed by atoms with van der Waals surface area (Å²) in [5, 5.41) is -0.783. The van der Waals surface area contributed by atoms with Gasteiger partial charge in [-0.2, -0.15) is 0 Å². The van der Waals surface area contributed by atoms with E-state index >= 15 is 0 Å². The van der Waals surface area contributed by atoms with Crippen molar-refractivity contribution in [2.75, 3.05) is 12.8 Å². The molecule has 5 nitrogen and oxygen atoms in total. The molecule has 0 aliphatic heterocycles. The second kappa shape index (κ2) is 4.98. The molecule has 16 heavy (non-hydrogen) atoms. The van der Waals surface area contributed by atoms with Gasteiger partial charge in [0.25, 0.3) is 0 Å². The number of benzene rings is 1. The Kier molecular flexibility index (Phi) is 3.89. The number of rotatable bonds is 4. The van der Waals surface area contributed by atoms with E-state index in [1.165, 1.54) is 14.0 Å². The predicted octanol–water partition coefficient (Wildman–Crippen LogP) is 0.259. The monoisotopic (exact) mass is 242 g/mol. The first kappa shape index (κ1) is 12.5. The third-order valence-electron chi connectivity index (χ3n) is 2.16. The van der Waals surface area contributed by atoms with Crippen LogP contribution in [0.3, 0.4) is 0 Å². The first-order valence-electron chi connectivity index (χ1n) is 4.60. The first-order chi connectivity index (χ1) is 7.47. The number of hydrogen-bond donors (Lipinski definition) is 2. The fourth-order valence-corrected chi connectivity index (χ4v) is 2.24. The van der Waals surface area contributed by atoms with E-state index in [4.69, 9.17) is 16.2 Å². The maximum absolute atomic E-state index is 11.9. The molecule has 0 aliphatic carbocycles. The quantitative estimate of drug-likeness (QED) is 0.740. The van der Waals surface area contributed by atoms with E-state index in [-0.39, 0.29) is 0 Å². The van der Waals surface area contributed by atoms with Gasteiger partial charge in [-0.1, -0.05) is 0 Å². The van der Waals surface area contributed by atoms with Crippen LogP contribution in [0.2, 0.25) is 0 Å². The van der Waals surface area contributed by atoms with Crippen molar-refractivity contribution in [2.24, 2.45) is 5.73 Å². The lowest BCUT2D eigenvalue weighted by Crippen LogP contribution is -2.29. The smallest absolute Gasteiger partial charge is 0.233 e. The maximum atomic E-state index is 11.9. The van der Waals surface area contributed by atoms with Gasteiger partial charge in [0.1, 0.15) is 11.0 Å². The zero-order chi connectivity index (χ0) is 12.3. The first-order valence-corrected chi connectivity index (χ1v) is 5.82. The number of nitrogens with two attached hydrogens (primary N) is 2. The molecule has 1 amide bonds. The van der Waals surface area contributed by atoms with Crippen LogP contribution in [0.1, 0.15) is 6.92 Å². The largest absolute Gasteiger partial charge is 0.497 e. The van der Waals surface area contributed by atoms with Crippen LogP contribution >= 0.6 is 0 Å². The average Bonchev–Trinajstić information content (AvgIpc) is 2.27. The standard InChI is InChI=1S/C10H14N2O3S/c1-6(10(12)13)16(14)9-5-7(15-2)3-4-8(9)11/h3-6H,11H2,1-2H3,(H2,12,13). The lowest BCUT2D eigenvalue weighted by molar-refractivity contribution is -0.117. The van der Waals surface area contributed by atoms with Crippen LogP contribution < -0.4 is 16.2 Å². The summed E-state index contributed by atoms with van der Waals surface area (Å²) in [5.74, 6) is -0.0882. The topological polar surface area (TPSA) is 95.4 Å². The number of anilines is 1. The molecule has 0 heterocycles. The Labute approximate surface area is 96.2 Å². The zero-order valence-corrected chi connectivity index (χ0v) is 9.91. The van der Waals surface area contributed by atoms with E-state index < -0.39 is 22.0 Å². The fourth-order valence-electron chi connectivity index (χ4n) is 1.11. The van der Waals surface area contributed by atoms with Crippen molar-refractivity contribution >= 4 is 22.4 Å². The average molecular weight is 242 g/mol. The fraction of sp³-hybridized carbons (Fsp3) is 0.300.